The van der Waals surface area contributed by atoms with Crippen molar-refractivity contribution in [3.8, 4) is 6.07 Å². The van der Waals surface area contributed by atoms with Gasteiger partial charge in [-0.3, -0.25) is 4.99 Å². The lowest BCUT2D eigenvalue weighted by Crippen LogP contribution is -2.03. The normalized spacial score (nSPS) is 17.4. The van der Waals surface area contributed by atoms with E-state index in [0.29, 0.717) is 17.7 Å². The number of halogens is 2. The van der Waals surface area contributed by atoms with Gasteiger partial charge in [-0.05, 0) is 42.7 Å². The zero-order chi connectivity index (χ0) is 14.8. The van der Waals surface area contributed by atoms with E-state index < -0.39 is 11.6 Å². The summed E-state index contributed by atoms with van der Waals surface area (Å²) in [5.41, 5.74) is 2.00. The van der Waals surface area contributed by atoms with E-state index >= 15 is 0 Å². The third-order valence-electron chi connectivity index (χ3n) is 3.64. The number of hydrogen-bond acceptors (Lipinski definition) is 2. The average Bonchev–Trinajstić information content (AvgIpc) is 2.97. The van der Waals surface area contributed by atoms with E-state index in [4.69, 9.17) is 5.26 Å². The van der Waals surface area contributed by atoms with Crippen molar-refractivity contribution in [2.75, 3.05) is 0 Å². The van der Waals surface area contributed by atoms with E-state index in [-0.39, 0.29) is 11.6 Å². The van der Waals surface area contributed by atoms with Gasteiger partial charge in [-0.25, -0.2) is 8.78 Å². The molecular weight excluding hydrogens is 270 g/mol. The maximum absolute atomic E-state index is 13.8. The second-order valence-electron chi connectivity index (χ2n) is 4.96. The molecular formula is C17H12F2N2. The lowest BCUT2D eigenvalue weighted by Gasteiger charge is -2.06. The Morgan fingerprint density at radius 1 is 1.05 bits per heavy atom. The highest BCUT2D eigenvalue weighted by molar-refractivity contribution is 6.02. The molecule has 21 heavy (non-hydrogen) atoms. The summed E-state index contributed by atoms with van der Waals surface area (Å²) in [6.45, 7) is 0. The van der Waals surface area contributed by atoms with Crippen LogP contribution >= 0.6 is 0 Å². The van der Waals surface area contributed by atoms with Crippen molar-refractivity contribution >= 4 is 5.71 Å². The number of hydrogen-bond donors (Lipinski definition) is 0. The fraction of sp³-hybridized carbons (Fsp3) is 0.176. The molecule has 0 N–H and O–H groups in total. The molecule has 1 aliphatic heterocycles. The standard InChI is InChI=1S/C17H12F2N2/c18-13-2-1-3-14(19)17(13)16-9-8-15(21-16)12-6-4-11(10-20)5-7-12/h1-7,15H,8-9H2. The smallest absolute Gasteiger partial charge is 0.135 e. The van der Waals surface area contributed by atoms with E-state index in [2.05, 4.69) is 11.1 Å². The van der Waals surface area contributed by atoms with Crippen molar-refractivity contribution in [2.45, 2.75) is 18.9 Å². The minimum absolute atomic E-state index is 0.0198. The minimum atomic E-state index is -0.575. The number of rotatable bonds is 2. The highest BCUT2D eigenvalue weighted by Crippen LogP contribution is 2.32. The van der Waals surface area contributed by atoms with Gasteiger partial charge >= 0.3 is 0 Å². The zero-order valence-corrected chi connectivity index (χ0v) is 11.2. The summed E-state index contributed by atoms with van der Waals surface area (Å²) in [4.78, 5) is 4.46. The number of benzene rings is 2. The Hall–Kier alpha value is -2.54. The topological polar surface area (TPSA) is 36.1 Å². The molecule has 0 aromatic heterocycles. The molecule has 0 radical (unpaired) electrons. The van der Waals surface area contributed by atoms with Crippen LogP contribution in [0, 0.1) is 23.0 Å². The van der Waals surface area contributed by atoms with Crippen LogP contribution in [0.4, 0.5) is 8.78 Å². The summed E-state index contributed by atoms with van der Waals surface area (Å²) in [5.74, 6) is -1.15. The molecule has 0 bridgehead atoms. The fourth-order valence-corrected chi connectivity index (χ4v) is 2.57. The zero-order valence-electron chi connectivity index (χ0n) is 11.2. The Balaban J connectivity index is 1.92. The maximum Gasteiger partial charge on any atom is 0.135 e. The second-order valence-corrected chi connectivity index (χ2v) is 4.96. The Bertz CT molecular complexity index is 722. The van der Waals surface area contributed by atoms with Gasteiger partial charge in [0.25, 0.3) is 0 Å². The third-order valence-corrected chi connectivity index (χ3v) is 3.64. The van der Waals surface area contributed by atoms with Crippen LogP contribution in [0.1, 0.15) is 35.6 Å². The number of nitriles is 1. The Kier molecular flexibility index (Phi) is 3.49. The van der Waals surface area contributed by atoms with Crippen LogP contribution in [-0.2, 0) is 0 Å². The summed E-state index contributed by atoms with van der Waals surface area (Å²) < 4.78 is 27.5. The molecule has 0 amide bonds. The van der Waals surface area contributed by atoms with Gasteiger partial charge in [0.2, 0.25) is 0 Å². The van der Waals surface area contributed by atoms with Crippen molar-refractivity contribution in [2.24, 2.45) is 4.99 Å². The molecule has 0 saturated carbocycles. The lowest BCUT2D eigenvalue weighted by atomic mass is 10.0. The first-order valence-corrected chi connectivity index (χ1v) is 6.70. The quantitative estimate of drug-likeness (QED) is 0.814. The molecule has 0 fully saturated rings. The van der Waals surface area contributed by atoms with Gasteiger partial charge in [0.1, 0.15) is 11.6 Å². The summed E-state index contributed by atoms with van der Waals surface area (Å²) in [7, 11) is 0. The van der Waals surface area contributed by atoms with Gasteiger partial charge < -0.3 is 0 Å². The number of aliphatic imine (C=N–C) groups is 1. The molecule has 2 aromatic carbocycles. The van der Waals surface area contributed by atoms with E-state index in [9.17, 15) is 8.78 Å². The van der Waals surface area contributed by atoms with Crippen molar-refractivity contribution in [3.05, 3.63) is 70.8 Å². The molecule has 0 saturated heterocycles. The molecule has 1 heterocycles. The summed E-state index contributed by atoms with van der Waals surface area (Å²) in [6.07, 6.45) is 1.26. The fourth-order valence-electron chi connectivity index (χ4n) is 2.57. The van der Waals surface area contributed by atoms with E-state index in [1.807, 2.05) is 12.1 Å². The van der Waals surface area contributed by atoms with Gasteiger partial charge in [0, 0.05) is 5.71 Å². The molecule has 1 atom stereocenters. The van der Waals surface area contributed by atoms with E-state index in [1.165, 1.54) is 18.2 Å². The van der Waals surface area contributed by atoms with Crippen LogP contribution in [0.3, 0.4) is 0 Å². The molecule has 0 spiro atoms. The van der Waals surface area contributed by atoms with Gasteiger partial charge in [-0.2, -0.15) is 5.26 Å². The first-order chi connectivity index (χ1) is 10.2. The van der Waals surface area contributed by atoms with Crippen molar-refractivity contribution in [1.82, 2.24) is 0 Å². The Labute approximate surface area is 121 Å². The van der Waals surface area contributed by atoms with Crippen LogP contribution in [0.15, 0.2) is 47.5 Å². The molecule has 3 rings (SSSR count). The monoisotopic (exact) mass is 282 g/mol. The van der Waals surface area contributed by atoms with Crippen LogP contribution in [0.2, 0.25) is 0 Å². The molecule has 4 heteroatoms. The second kappa shape index (κ2) is 5.45. The molecule has 1 unspecified atom stereocenters. The van der Waals surface area contributed by atoms with Crippen molar-refractivity contribution in [3.63, 3.8) is 0 Å². The predicted octanol–water partition coefficient (Wildman–Crippen LogP) is 4.16. The molecule has 2 aromatic rings. The molecule has 0 aliphatic carbocycles. The predicted molar refractivity (Wildman–Crippen MR) is 76.0 cm³/mol. The Morgan fingerprint density at radius 3 is 2.33 bits per heavy atom. The Morgan fingerprint density at radius 2 is 1.71 bits per heavy atom. The largest absolute Gasteiger partial charge is 0.281 e. The third kappa shape index (κ3) is 2.55. The summed E-state index contributed by atoms with van der Waals surface area (Å²) in [5, 5.41) is 8.78. The highest BCUT2D eigenvalue weighted by Gasteiger charge is 2.24. The van der Waals surface area contributed by atoms with E-state index in [1.54, 1.807) is 12.1 Å². The highest BCUT2D eigenvalue weighted by atomic mass is 19.1. The first kappa shape index (κ1) is 13.4. The van der Waals surface area contributed by atoms with Crippen LogP contribution in [-0.4, -0.2) is 5.71 Å². The molecule has 1 aliphatic rings. The van der Waals surface area contributed by atoms with E-state index in [0.717, 1.165) is 12.0 Å². The van der Waals surface area contributed by atoms with Gasteiger partial charge in [-0.1, -0.05) is 18.2 Å². The van der Waals surface area contributed by atoms with Crippen LogP contribution in [0.5, 0.6) is 0 Å². The minimum Gasteiger partial charge on any atom is -0.281 e. The van der Waals surface area contributed by atoms with Crippen LogP contribution in [0.25, 0.3) is 0 Å². The van der Waals surface area contributed by atoms with Crippen molar-refractivity contribution in [1.29, 1.82) is 5.26 Å². The number of nitrogens with zero attached hydrogens (tertiary/aromatic N) is 2. The van der Waals surface area contributed by atoms with Gasteiger partial charge in [0.15, 0.2) is 0 Å². The average molecular weight is 282 g/mol. The summed E-state index contributed by atoms with van der Waals surface area (Å²) in [6, 6.07) is 12.9. The SMILES string of the molecule is N#Cc1ccc(C2CCC(c3c(F)cccc3F)=N2)cc1. The molecule has 2 nitrogen and oxygen atoms in total. The van der Waals surface area contributed by atoms with Crippen molar-refractivity contribution < 1.29 is 8.78 Å². The lowest BCUT2D eigenvalue weighted by molar-refractivity contribution is 0.578. The summed E-state index contributed by atoms with van der Waals surface area (Å²) >= 11 is 0. The molecule has 104 valence electrons. The van der Waals surface area contributed by atoms with Gasteiger partial charge in [-0.15, -0.1) is 0 Å². The van der Waals surface area contributed by atoms with Gasteiger partial charge in [0.05, 0.1) is 23.2 Å². The first-order valence-electron chi connectivity index (χ1n) is 6.70. The van der Waals surface area contributed by atoms with Crippen LogP contribution < -0.4 is 0 Å². The maximum atomic E-state index is 13.8.